The maximum atomic E-state index is 12.0. The zero-order valence-electron chi connectivity index (χ0n) is 20.1. The Bertz CT molecular complexity index is 1490. The number of carbonyl (C=O) groups excluding carboxylic acids is 2. The number of carbonyl (C=O) groups is 2. The van der Waals surface area contributed by atoms with Gasteiger partial charge in [0.1, 0.15) is 11.3 Å². The number of aryl methyl sites for hydroxylation is 1. The highest BCUT2D eigenvalue weighted by atomic mass is 16.5. The molecule has 6 rings (SSSR count). The maximum Gasteiger partial charge on any atom is 0.298 e. The van der Waals surface area contributed by atoms with Crippen molar-refractivity contribution in [1.29, 1.82) is 0 Å². The van der Waals surface area contributed by atoms with Gasteiger partial charge in [0, 0.05) is 51.4 Å². The number of amides is 2. The average Bonchev–Trinajstić information content (AvgIpc) is 3.41. The fourth-order valence-corrected chi connectivity index (χ4v) is 4.23. The quantitative estimate of drug-likeness (QED) is 0.360. The minimum absolute atomic E-state index is 0.00514. The predicted octanol–water partition coefficient (Wildman–Crippen LogP) is 1.41. The Morgan fingerprint density at radius 3 is 2.76 bits per heavy atom. The van der Waals surface area contributed by atoms with Crippen LogP contribution in [0.3, 0.4) is 0 Å². The van der Waals surface area contributed by atoms with Crippen molar-refractivity contribution in [3.63, 3.8) is 0 Å². The van der Waals surface area contributed by atoms with Gasteiger partial charge in [-0.05, 0) is 18.6 Å². The molecule has 2 fully saturated rings. The summed E-state index contributed by atoms with van der Waals surface area (Å²) in [7, 11) is 1.79. The van der Waals surface area contributed by atoms with Gasteiger partial charge in [-0.25, -0.2) is 9.97 Å². The molecule has 0 bridgehead atoms. The first kappa shape index (κ1) is 22.8. The fourth-order valence-electron chi connectivity index (χ4n) is 4.23. The first-order chi connectivity index (χ1) is 17.9. The molecule has 0 spiro atoms. The monoisotopic (exact) mass is 503 g/mol. The highest BCUT2D eigenvalue weighted by molar-refractivity contribution is 5.96. The third-order valence-corrected chi connectivity index (χ3v) is 6.48. The van der Waals surface area contributed by atoms with Gasteiger partial charge in [-0.15, -0.1) is 0 Å². The van der Waals surface area contributed by atoms with E-state index in [1.54, 1.807) is 47.4 Å². The van der Waals surface area contributed by atoms with E-state index >= 15 is 0 Å². The second-order valence-corrected chi connectivity index (χ2v) is 9.13. The predicted molar refractivity (Wildman–Crippen MR) is 133 cm³/mol. The summed E-state index contributed by atoms with van der Waals surface area (Å²) in [6, 6.07) is 5.81. The molecule has 37 heavy (non-hydrogen) atoms. The molecule has 0 atom stereocenters. The molecule has 0 unspecified atom stereocenters. The van der Waals surface area contributed by atoms with Crippen molar-refractivity contribution >= 4 is 40.4 Å². The van der Waals surface area contributed by atoms with Gasteiger partial charge in [-0.1, -0.05) is 0 Å². The van der Waals surface area contributed by atoms with Crippen molar-refractivity contribution in [1.82, 2.24) is 29.6 Å². The third kappa shape index (κ3) is 4.50. The van der Waals surface area contributed by atoms with Crippen LogP contribution in [0.5, 0.6) is 5.75 Å². The number of fused-ring (bicyclic) bond motifs is 1. The molecule has 190 valence electrons. The summed E-state index contributed by atoms with van der Waals surface area (Å²) in [5, 5.41) is 7.12. The topological polar surface area (TPSA) is 158 Å². The first-order valence-corrected chi connectivity index (χ1v) is 11.9. The molecule has 0 aliphatic carbocycles. The van der Waals surface area contributed by atoms with E-state index in [-0.39, 0.29) is 29.9 Å². The molecule has 2 saturated heterocycles. The lowest BCUT2D eigenvalue weighted by molar-refractivity contribution is -0.136. The summed E-state index contributed by atoms with van der Waals surface area (Å²) >= 11 is 0. The van der Waals surface area contributed by atoms with Gasteiger partial charge in [0.15, 0.2) is 23.7 Å². The summed E-state index contributed by atoms with van der Waals surface area (Å²) in [6.07, 6.45) is 6.06. The number of nitrogens with one attached hydrogen (secondary N) is 1. The lowest BCUT2D eigenvalue weighted by Crippen LogP contribution is -2.45. The summed E-state index contributed by atoms with van der Waals surface area (Å²) < 4.78 is 13.2. The van der Waals surface area contributed by atoms with Crippen molar-refractivity contribution in [3.05, 3.63) is 48.2 Å². The van der Waals surface area contributed by atoms with E-state index in [1.165, 1.54) is 0 Å². The molecular formula is C24H25N9O4. The van der Waals surface area contributed by atoms with Crippen LogP contribution in [0.4, 0.5) is 17.5 Å². The van der Waals surface area contributed by atoms with Gasteiger partial charge >= 0.3 is 0 Å². The number of benzene rings is 1. The minimum atomic E-state index is -0.666. The summed E-state index contributed by atoms with van der Waals surface area (Å²) in [6.45, 7) is 2.80. The normalized spacial score (nSPS) is 15.4. The number of primary amides is 1. The Kier molecular flexibility index (Phi) is 5.58. The molecule has 3 aromatic heterocycles. The Labute approximate surface area is 211 Å². The number of rotatable bonds is 8. The van der Waals surface area contributed by atoms with Crippen LogP contribution in [0.2, 0.25) is 0 Å². The molecule has 0 saturated carbocycles. The number of hydrogen-bond donors (Lipinski definition) is 2. The van der Waals surface area contributed by atoms with Crippen LogP contribution in [0.15, 0.2) is 41.2 Å². The van der Waals surface area contributed by atoms with Crippen LogP contribution in [-0.2, 0) is 11.8 Å². The first-order valence-electron chi connectivity index (χ1n) is 11.9. The van der Waals surface area contributed by atoms with E-state index in [1.807, 2.05) is 11.0 Å². The molecule has 2 aliphatic rings. The fraction of sp³-hybridized carbons (Fsp3) is 0.333. The second-order valence-electron chi connectivity index (χ2n) is 9.13. The summed E-state index contributed by atoms with van der Waals surface area (Å²) in [5.41, 5.74) is 8.26. The van der Waals surface area contributed by atoms with Gasteiger partial charge in [0.05, 0.1) is 23.8 Å². The Morgan fingerprint density at radius 1 is 1.22 bits per heavy atom. The van der Waals surface area contributed by atoms with E-state index in [0.717, 1.165) is 19.5 Å². The van der Waals surface area contributed by atoms with E-state index in [9.17, 15) is 9.59 Å². The van der Waals surface area contributed by atoms with Gasteiger partial charge in [-0.2, -0.15) is 10.1 Å². The number of nitrogens with zero attached hydrogens (tertiary/aromatic N) is 7. The highest BCUT2D eigenvalue weighted by Gasteiger charge is 2.33. The lowest BCUT2D eigenvalue weighted by Gasteiger charge is -2.37. The molecule has 2 aliphatic heterocycles. The van der Waals surface area contributed by atoms with E-state index in [2.05, 4.69) is 25.4 Å². The number of ether oxygens (including phenoxy) is 1. The van der Waals surface area contributed by atoms with Crippen molar-refractivity contribution in [2.75, 3.05) is 43.0 Å². The van der Waals surface area contributed by atoms with Crippen LogP contribution < -0.4 is 20.7 Å². The molecular weight excluding hydrogens is 478 g/mol. The van der Waals surface area contributed by atoms with Gasteiger partial charge < -0.3 is 30.0 Å². The van der Waals surface area contributed by atoms with Crippen molar-refractivity contribution < 1.29 is 18.7 Å². The molecule has 3 N–H and O–H groups in total. The molecule has 4 aromatic rings. The third-order valence-electron chi connectivity index (χ3n) is 6.48. The number of oxazole rings is 1. The van der Waals surface area contributed by atoms with Crippen LogP contribution in [0.25, 0.3) is 11.1 Å². The lowest BCUT2D eigenvalue weighted by atomic mass is 9.97. The average molecular weight is 504 g/mol. The molecule has 0 radical (unpaired) electrons. The number of hydrogen-bond acceptors (Lipinski definition) is 10. The van der Waals surface area contributed by atoms with Crippen LogP contribution in [0.1, 0.15) is 28.5 Å². The number of likely N-dealkylation sites (tertiary alicyclic amines) is 1. The largest absolute Gasteiger partial charge is 0.484 e. The van der Waals surface area contributed by atoms with E-state index in [0.29, 0.717) is 47.3 Å². The number of nitrogens with two attached hydrogens (primary N) is 1. The Balaban J connectivity index is 1.11. The zero-order chi connectivity index (χ0) is 25.5. The summed E-state index contributed by atoms with van der Waals surface area (Å²) in [5.74, 6) is 0.198. The van der Waals surface area contributed by atoms with Crippen LogP contribution in [-0.4, -0.2) is 74.2 Å². The van der Waals surface area contributed by atoms with Crippen molar-refractivity contribution in [2.24, 2.45) is 12.8 Å². The minimum Gasteiger partial charge on any atom is -0.484 e. The van der Waals surface area contributed by atoms with Gasteiger partial charge in [0.25, 0.3) is 17.8 Å². The second kappa shape index (κ2) is 9.08. The molecule has 13 heteroatoms. The molecule has 13 nitrogen and oxygen atoms in total. The SMILES string of the molecule is Cn1cc(Nc2ncc(C3CN(c4nc5ccc(OCC(=O)N6CCC6)cc5o4)C3)nc2C(N)=O)cn1. The van der Waals surface area contributed by atoms with Crippen LogP contribution >= 0.6 is 0 Å². The zero-order valence-corrected chi connectivity index (χ0v) is 20.1. The Morgan fingerprint density at radius 2 is 2.05 bits per heavy atom. The Hall–Kier alpha value is -4.68. The maximum absolute atomic E-state index is 12.0. The molecule has 1 aromatic carbocycles. The molecule has 5 heterocycles. The smallest absolute Gasteiger partial charge is 0.298 e. The standard InChI is InChI=1S/C24H25N9O4/c1-31-12-15(8-27-31)28-23-21(22(25)35)29-18(9-26-23)14-10-33(11-14)24-30-17-4-3-16(7-19(17)37-24)36-13-20(34)32-5-2-6-32/h3-4,7-9,12,14H,2,5-6,10-11,13H2,1H3,(H2,25,35)(H,26,28). The number of anilines is 3. The number of aromatic nitrogens is 5. The van der Waals surface area contributed by atoms with Crippen LogP contribution in [0, 0.1) is 0 Å². The van der Waals surface area contributed by atoms with Crippen molar-refractivity contribution in [2.45, 2.75) is 12.3 Å². The molecule has 2 amide bonds. The highest BCUT2D eigenvalue weighted by Crippen LogP contribution is 2.33. The van der Waals surface area contributed by atoms with E-state index < -0.39 is 5.91 Å². The van der Waals surface area contributed by atoms with E-state index in [4.69, 9.17) is 14.9 Å². The van der Waals surface area contributed by atoms with Gasteiger partial charge in [-0.3, -0.25) is 14.3 Å². The summed E-state index contributed by atoms with van der Waals surface area (Å²) in [4.78, 5) is 41.2. The van der Waals surface area contributed by atoms with Crippen molar-refractivity contribution in [3.8, 4) is 5.75 Å². The van der Waals surface area contributed by atoms with Gasteiger partial charge in [0.2, 0.25) is 0 Å².